The zero-order valence-electron chi connectivity index (χ0n) is 24.9. The first-order valence-corrected chi connectivity index (χ1v) is 15.1. The summed E-state index contributed by atoms with van der Waals surface area (Å²) in [5.74, 6) is 2.35. The van der Waals surface area contributed by atoms with Gasteiger partial charge in [-0.2, -0.15) is 0 Å². The van der Waals surface area contributed by atoms with E-state index >= 15 is 0 Å². The summed E-state index contributed by atoms with van der Waals surface area (Å²) in [4.78, 5) is 37.4. The van der Waals surface area contributed by atoms with Gasteiger partial charge in [-0.05, 0) is 23.3 Å². The van der Waals surface area contributed by atoms with E-state index in [1.807, 2.05) is 91.0 Å². The van der Waals surface area contributed by atoms with Crippen LogP contribution in [0.3, 0.4) is 0 Å². The molecule has 0 radical (unpaired) electrons. The van der Waals surface area contributed by atoms with Crippen LogP contribution in [0.15, 0.2) is 121 Å². The fraction of sp³-hybridized carbons (Fsp3) is 0. The summed E-state index contributed by atoms with van der Waals surface area (Å²) in [5, 5.41) is 3.78. The van der Waals surface area contributed by atoms with Gasteiger partial charge in [-0.3, -0.25) is 0 Å². The molecule has 10 rings (SSSR count). The predicted molar refractivity (Wildman–Crippen MR) is 181 cm³/mol. The quantitative estimate of drug-likeness (QED) is 0.172. The van der Waals surface area contributed by atoms with E-state index in [1.165, 1.54) is 0 Å². The SMILES string of the molecule is [Zn].c1ccc(-c2ccc3c4nc5nc(nc6[nH]c(nc7nc(nc([nH]4)c3c2)-c2ccccc2-7)c2ccccc62)-c2ccccc2-5)cc1. The predicted octanol–water partition coefficient (Wildman–Crippen LogP) is 8.53. The molecular formula is C38H22N8Zn. The van der Waals surface area contributed by atoms with Crippen LogP contribution in [0.4, 0.5) is 0 Å². The van der Waals surface area contributed by atoms with Crippen molar-refractivity contribution in [3.05, 3.63) is 121 Å². The monoisotopic (exact) mass is 654 g/mol. The van der Waals surface area contributed by atoms with Crippen LogP contribution < -0.4 is 0 Å². The minimum Gasteiger partial charge on any atom is -0.324 e. The van der Waals surface area contributed by atoms with Gasteiger partial charge >= 0.3 is 0 Å². The van der Waals surface area contributed by atoms with Crippen LogP contribution >= 0.6 is 0 Å². The molecule has 0 fully saturated rings. The largest absolute Gasteiger partial charge is 0.324 e. The third kappa shape index (κ3) is 4.31. The first-order valence-electron chi connectivity index (χ1n) is 15.1. The molecule has 0 amide bonds. The molecule has 0 saturated heterocycles. The molecule has 216 valence electrons. The zero-order chi connectivity index (χ0) is 30.2. The molecule has 0 unspecified atom stereocenters. The maximum Gasteiger partial charge on any atom is 0.164 e. The third-order valence-corrected chi connectivity index (χ3v) is 8.66. The van der Waals surface area contributed by atoms with Crippen LogP contribution in [0.25, 0.3) is 101 Å². The van der Waals surface area contributed by atoms with Gasteiger partial charge in [-0.15, -0.1) is 0 Å². The second-order valence-electron chi connectivity index (χ2n) is 11.4. The minimum atomic E-state index is 0. The van der Waals surface area contributed by atoms with Gasteiger partial charge in [0.1, 0.15) is 22.6 Å². The first kappa shape index (κ1) is 27.4. The van der Waals surface area contributed by atoms with Crippen molar-refractivity contribution in [2.75, 3.05) is 0 Å². The molecule has 3 aromatic heterocycles. The van der Waals surface area contributed by atoms with Gasteiger partial charge in [0.15, 0.2) is 23.3 Å². The topological polar surface area (TPSA) is 109 Å². The van der Waals surface area contributed by atoms with Gasteiger partial charge < -0.3 is 9.97 Å². The van der Waals surface area contributed by atoms with Crippen molar-refractivity contribution >= 4 is 44.1 Å². The van der Waals surface area contributed by atoms with E-state index in [9.17, 15) is 0 Å². The van der Waals surface area contributed by atoms with Crippen LogP contribution in [-0.2, 0) is 19.5 Å². The normalized spacial score (nSPS) is 11.7. The Bertz CT molecular complexity index is 2710. The summed E-state index contributed by atoms with van der Waals surface area (Å²) in [7, 11) is 0. The Morgan fingerprint density at radius 3 is 1.17 bits per heavy atom. The molecule has 47 heavy (non-hydrogen) atoms. The number of aromatic amines is 2. The Hall–Kier alpha value is -5.92. The number of benzene rings is 5. The zero-order valence-corrected chi connectivity index (χ0v) is 27.9. The van der Waals surface area contributed by atoms with Gasteiger partial charge in [0.05, 0.1) is 0 Å². The average molecular weight is 656 g/mol. The Kier molecular flexibility index (Phi) is 6.17. The van der Waals surface area contributed by atoms with Gasteiger partial charge in [-0.25, -0.2) is 29.9 Å². The molecule has 0 aliphatic carbocycles. The Morgan fingerprint density at radius 1 is 0.319 bits per heavy atom. The molecule has 8 nitrogen and oxygen atoms in total. The van der Waals surface area contributed by atoms with E-state index in [2.05, 4.69) is 40.3 Å². The number of hydrogen-bond donors (Lipinski definition) is 2. The number of nitrogens with one attached hydrogen (secondary N) is 2. The maximum atomic E-state index is 5.15. The molecule has 5 heterocycles. The molecular weight excluding hydrogens is 634 g/mol. The second kappa shape index (κ2) is 10.6. The fourth-order valence-corrected chi connectivity index (χ4v) is 6.45. The number of rotatable bonds is 1. The molecule has 8 aromatic rings. The van der Waals surface area contributed by atoms with E-state index in [0.717, 1.165) is 54.9 Å². The molecule has 0 atom stereocenters. The molecule has 8 bridgehead atoms. The Morgan fingerprint density at radius 2 is 0.702 bits per heavy atom. The number of fused-ring (bicyclic) bond motifs is 20. The summed E-state index contributed by atoms with van der Waals surface area (Å²) >= 11 is 0. The molecule has 0 spiro atoms. The van der Waals surface area contributed by atoms with Gasteiger partial charge in [0.2, 0.25) is 0 Å². The average Bonchev–Trinajstić information content (AvgIpc) is 3.84. The number of nitrogens with zero attached hydrogens (tertiary/aromatic N) is 6. The van der Waals surface area contributed by atoms with Gasteiger partial charge in [0.25, 0.3) is 0 Å². The van der Waals surface area contributed by atoms with Crippen LogP contribution in [0, 0.1) is 0 Å². The van der Waals surface area contributed by atoms with Crippen molar-refractivity contribution in [3.8, 4) is 56.7 Å². The summed E-state index contributed by atoms with van der Waals surface area (Å²) in [6.07, 6.45) is 0. The molecule has 9 heteroatoms. The second-order valence-corrected chi connectivity index (χ2v) is 11.4. The molecule has 2 aliphatic heterocycles. The van der Waals surface area contributed by atoms with Crippen molar-refractivity contribution in [2.24, 2.45) is 0 Å². The molecule has 5 aromatic carbocycles. The van der Waals surface area contributed by atoms with Crippen LogP contribution in [0.2, 0.25) is 0 Å². The van der Waals surface area contributed by atoms with E-state index in [0.29, 0.717) is 45.9 Å². The van der Waals surface area contributed by atoms with E-state index in [4.69, 9.17) is 29.9 Å². The fourth-order valence-electron chi connectivity index (χ4n) is 6.45. The van der Waals surface area contributed by atoms with Crippen LogP contribution in [0.1, 0.15) is 0 Å². The van der Waals surface area contributed by atoms with Crippen molar-refractivity contribution in [1.29, 1.82) is 0 Å². The van der Waals surface area contributed by atoms with Crippen molar-refractivity contribution in [1.82, 2.24) is 39.9 Å². The number of hydrogen-bond acceptors (Lipinski definition) is 6. The molecule has 2 N–H and O–H groups in total. The van der Waals surface area contributed by atoms with E-state index in [-0.39, 0.29) is 19.5 Å². The molecule has 2 aliphatic rings. The van der Waals surface area contributed by atoms with E-state index in [1.54, 1.807) is 0 Å². The number of aromatic nitrogens is 8. The molecule has 0 saturated carbocycles. The Balaban J connectivity index is 0.00000302. The summed E-state index contributed by atoms with van der Waals surface area (Å²) in [6, 6.07) is 40.9. The van der Waals surface area contributed by atoms with Gasteiger partial charge in [0, 0.05) is 63.3 Å². The maximum absolute atomic E-state index is 5.15. The van der Waals surface area contributed by atoms with Crippen LogP contribution in [-0.4, -0.2) is 39.9 Å². The van der Waals surface area contributed by atoms with Crippen molar-refractivity contribution in [3.63, 3.8) is 0 Å². The minimum absolute atomic E-state index is 0. The Labute approximate surface area is 280 Å². The van der Waals surface area contributed by atoms with Crippen molar-refractivity contribution < 1.29 is 19.5 Å². The van der Waals surface area contributed by atoms with Gasteiger partial charge in [-0.1, -0.05) is 109 Å². The third-order valence-electron chi connectivity index (χ3n) is 8.66. The number of H-pyrrole nitrogens is 2. The summed E-state index contributed by atoms with van der Waals surface area (Å²) in [5.41, 5.74) is 8.58. The standard InChI is InChI=1S/C38H22N8.Zn/c1-2-10-21(11-3-1)22-18-19-29-30(20-22)38-45-36-28-17-9-8-16-27(28)34(43-36)41-32-24-13-5-4-12-23(24)31(39-32)40-33-25-14-6-7-15-26(25)35(42-33)44-37(29)46-38;/h1-20H,(H2,39,40,41,42,43,44,45,46);. The summed E-state index contributed by atoms with van der Waals surface area (Å²) < 4.78 is 0. The van der Waals surface area contributed by atoms with Crippen molar-refractivity contribution in [2.45, 2.75) is 0 Å². The van der Waals surface area contributed by atoms with Crippen LogP contribution in [0.5, 0.6) is 0 Å². The first-order chi connectivity index (χ1) is 22.8. The summed E-state index contributed by atoms with van der Waals surface area (Å²) in [6.45, 7) is 0. The smallest absolute Gasteiger partial charge is 0.164 e. The van der Waals surface area contributed by atoms with E-state index < -0.39 is 0 Å².